The SMILES string of the molecule is CCCCOC(=O)C1N(Cc2ccc(OC)cc2OC)C(=O)C1(CC)S(=O)(=O)c1ccccc1. The summed E-state index contributed by atoms with van der Waals surface area (Å²) in [5.41, 5.74) is 0.616. The molecule has 2 aromatic carbocycles. The summed E-state index contributed by atoms with van der Waals surface area (Å²) >= 11 is 0. The van der Waals surface area contributed by atoms with Crippen LogP contribution >= 0.6 is 0 Å². The number of benzene rings is 2. The van der Waals surface area contributed by atoms with E-state index in [4.69, 9.17) is 14.2 Å². The van der Waals surface area contributed by atoms with Crippen LogP contribution in [0.1, 0.15) is 38.7 Å². The summed E-state index contributed by atoms with van der Waals surface area (Å²) in [5.74, 6) is -0.318. The molecule has 34 heavy (non-hydrogen) atoms. The zero-order chi connectivity index (χ0) is 24.9. The van der Waals surface area contributed by atoms with E-state index in [2.05, 4.69) is 0 Å². The minimum Gasteiger partial charge on any atom is -0.497 e. The van der Waals surface area contributed by atoms with E-state index < -0.39 is 32.5 Å². The highest BCUT2D eigenvalue weighted by Crippen LogP contribution is 2.46. The summed E-state index contributed by atoms with van der Waals surface area (Å²) in [6.45, 7) is 3.71. The first-order valence-corrected chi connectivity index (χ1v) is 12.7. The molecule has 1 amide bonds. The Morgan fingerprint density at radius 3 is 2.35 bits per heavy atom. The molecule has 0 spiro atoms. The minimum atomic E-state index is -4.18. The number of ether oxygens (including phenoxy) is 3. The highest BCUT2D eigenvalue weighted by molar-refractivity contribution is 7.93. The van der Waals surface area contributed by atoms with Crippen LogP contribution in [0.5, 0.6) is 11.5 Å². The third kappa shape index (κ3) is 4.24. The van der Waals surface area contributed by atoms with E-state index >= 15 is 0 Å². The molecule has 3 rings (SSSR count). The Morgan fingerprint density at radius 2 is 1.76 bits per heavy atom. The summed E-state index contributed by atoms with van der Waals surface area (Å²) < 4.78 is 41.6. The second-order valence-corrected chi connectivity index (χ2v) is 10.3. The molecule has 1 aliphatic heterocycles. The number of nitrogens with zero attached hydrogens (tertiary/aromatic N) is 1. The van der Waals surface area contributed by atoms with Crippen LogP contribution in [0.25, 0.3) is 0 Å². The van der Waals surface area contributed by atoms with E-state index in [0.717, 1.165) is 6.42 Å². The van der Waals surface area contributed by atoms with Crippen molar-refractivity contribution in [3.63, 3.8) is 0 Å². The van der Waals surface area contributed by atoms with Gasteiger partial charge in [-0.25, -0.2) is 13.2 Å². The van der Waals surface area contributed by atoms with Gasteiger partial charge in [0.05, 0.1) is 32.3 Å². The minimum absolute atomic E-state index is 0.00163. The molecule has 0 aromatic heterocycles. The zero-order valence-electron chi connectivity index (χ0n) is 19.9. The lowest BCUT2D eigenvalue weighted by atomic mass is 9.83. The Kier molecular flexibility index (Phi) is 7.86. The van der Waals surface area contributed by atoms with Gasteiger partial charge in [0.1, 0.15) is 11.5 Å². The fourth-order valence-corrected chi connectivity index (χ4v) is 6.49. The first-order valence-electron chi connectivity index (χ1n) is 11.3. The number of likely N-dealkylation sites (tertiary alicyclic amines) is 1. The summed E-state index contributed by atoms with van der Waals surface area (Å²) in [6, 6.07) is 11.6. The van der Waals surface area contributed by atoms with Crippen molar-refractivity contribution in [2.45, 2.75) is 55.3 Å². The van der Waals surface area contributed by atoms with Crippen molar-refractivity contribution in [3.05, 3.63) is 54.1 Å². The number of unbranched alkanes of at least 4 members (excludes halogenated alkanes) is 1. The zero-order valence-corrected chi connectivity index (χ0v) is 20.8. The number of rotatable bonds is 11. The molecule has 0 radical (unpaired) electrons. The first kappa shape index (κ1) is 25.6. The van der Waals surface area contributed by atoms with Crippen molar-refractivity contribution in [1.82, 2.24) is 4.90 Å². The number of β-lactam (4-membered cyclic amide) rings is 1. The van der Waals surface area contributed by atoms with Gasteiger partial charge in [0, 0.05) is 11.6 Å². The maximum Gasteiger partial charge on any atom is 0.331 e. The molecule has 184 valence electrons. The molecule has 1 fully saturated rings. The van der Waals surface area contributed by atoms with Crippen LogP contribution in [-0.4, -0.2) is 56.8 Å². The third-order valence-corrected chi connectivity index (χ3v) is 8.77. The number of amides is 1. The van der Waals surface area contributed by atoms with Crippen molar-refractivity contribution < 1.29 is 32.2 Å². The molecule has 9 heteroatoms. The van der Waals surface area contributed by atoms with Gasteiger partial charge in [-0.3, -0.25) is 4.79 Å². The Hall–Kier alpha value is -3.07. The number of sulfone groups is 1. The molecular formula is C25H31NO7S. The van der Waals surface area contributed by atoms with Gasteiger partial charge in [-0.05, 0) is 37.1 Å². The summed E-state index contributed by atoms with van der Waals surface area (Å²) in [6.07, 6.45) is 1.39. The Labute approximate surface area is 200 Å². The smallest absolute Gasteiger partial charge is 0.331 e. The fourth-order valence-electron chi connectivity index (χ4n) is 4.31. The predicted molar refractivity (Wildman–Crippen MR) is 126 cm³/mol. The van der Waals surface area contributed by atoms with E-state index in [1.54, 1.807) is 43.3 Å². The van der Waals surface area contributed by atoms with Crippen molar-refractivity contribution in [3.8, 4) is 11.5 Å². The van der Waals surface area contributed by atoms with Crippen LogP contribution in [0.4, 0.5) is 0 Å². The molecule has 1 heterocycles. The van der Waals surface area contributed by atoms with Crippen molar-refractivity contribution >= 4 is 21.7 Å². The number of methoxy groups -OCH3 is 2. The number of esters is 1. The van der Waals surface area contributed by atoms with E-state index in [1.807, 2.05) is 6.92 Å². The molecule has 0 aliphatic carbocycles. The van der Waals surface area contributed by atoms with Gasteiger partial charge in [-0.2, -0.15) is 0 Å². The van der Waals surface area contributed by atoms with E-state index in [9.17, 15) is 18.0 Å². The Balaban J connectivity index is 2.04. The molecule has 1 aliphatic rings. The van der Waals surface area contributed by atoms with Gasteiger partial charge in [0.2, 0.25) is 5.91 Å². The monoisotopic (exact) mass is 489 g/mol. The molecule has 0 bridgehead atoms. The number of hydrogen-bond donors (Lipinski definition) is 0. The highest BCUT2D eigenvalue weighted by Gasteiger charge is 2.71. The molecule has 8 nitrogen and oxygen atoms in total. The lowest BCUT2D eigenvalue weighted by molar-refractivity contribution is -0.172. The standard InChI is InChI=1S/C25H31NO7S/c1-5-7-15-33-23(27)22-25(6-2,34(29,30)20-11-9-8-10-12-20)24(28)26(22)17-18-13-14-19(31-3)16-21(18)32-4/h8-14,16,22H,5-7,15,17H2,1-4H3. The average molecular weight is 490 g/mol. The van der Waals surface area contributed by atoms with Gasteiger partial charge in [0.15, 0.2) is 20.6 Å². The predicted octanol–water partition coefficient (Wildman–Crippen LogP) is 3.38. The van der Waals surface area contributed by atoms with E-state index in [0.29, 0.717) is 23.5 Å². The van der Waals surface area contributed by atoms with Crippen LogP contribution in [0, 0.1) is 0 Å². The molecule has 2 unspecified atom stereocenters. The topological polar surface area (TPSA) is 99.2 Å². The number of carbonyl (C=O) groups is 2. The fraction of sp³-hybridized carbons (Fsp3) is 0.440. The molecule has 0 N–H and O–H groups in total. The second-order valence-electron chi connectivity index (χ2n) is 8.09. The van der Waals surface area contributed by atoms with Gasteiger partial charge >= 0.3 is 5.97 Å². The lowest BCUT2D eigenvalue weighted by Crippen LogP contribution is -2.78. The second kappa shape index (κ2) is 10.5. The van der Waals surface area contributed by atoms with Crippen molar-refractivity contribution in [1.29, 1.82) is 0 Å². The van der Waals surface area contributed by atoms with Gasteiger partial charge in [-0.15, -0.1) is 0 Å². The van der Waals surface area contributed by atoms with Crippen molar-refractivity contribution in [2.75, 3.05) is 20.8 Å². The third-order valence-electron chi connectivity index (χ3n) is 6.23. The Bertz CT molecular complexity index is 1130. The van der Waals surface area contributed by atoms with Crippen LogP contribution in [-0.2, 0) is 30.7 Å². The van der Waals surface area contributed by atoms with Crippen molar-refractivity contribution in [2.24, 2.45) is 0 Å². The quantitative estimate of drug-likeness (QED) is 0.271. The van der Waals surface area contributed by atoms with E-state index in [-0.39, 0.29) is 24.5 Å². The van der Waals surface area contributed by atoms with Crippen LogP contribution in [0.15, 0.2) is 53.4 Å². The average Bonchev–Trinajstić information content (AvgIpc) is 2.85. The molecular weight excluding hydrogens is 458 g/mol. The Morgan fingerprint density at radius 1 is 1.06 bits per heavy atom. The number of hydrogen-bond acceptors (Lipinski definition) is 7. The van der Waals surface area contributed by atoms with Gasteiger partial charge in [-0.1, -0.05) is 38.5 Å². The summed E-state index contributed by atoms with van der Waals surface area (Å²) in [5, 5.41) is 0. The van der Waals surface area contributed by atoms with E-state index in [1.165, 1.54) is 31.3 Å². The van der Waals surface area contributed by atoms with Crippen LogP contribution in [0.3, 0.4) is 0 Å². The number of carbonyl (C=O) groups excluding carboxylic acids is 2. The molecule has 1 saturated heterocycles. The summed E-state index contributed by atoms with van der Waals surface area (Å²) in [4.78, 5) is 28.1. The summed E-state index contributed by atoms with van der Waals surface area (Å²) in [7, 11) is -1.17. The lowest BCUT2D eigenvalue weighted by Gasteiger charge is -2.53. The van der Waals surface area contributed by atoms with Crippen LogP contribution < -0.4 is 9.47 Å². The normalized spacial score (nSPS) is 19.9. The maximum atomic E-state index is 13.7. The van der Waals surface area contributed by atoms with Crippen LogP contribution in [0.2, 0.25) is 0 Å². The molecule has 2 atom stereocenters. The molecule has 0 saturated carbocycles. The largest absolute Gasteiger partial charge is 0.497 e. The maximum absolute atomic E-state index is 13.7. The highest BCUT2D eigenvalue weighted by atomic mass is 32.2. The van der Waals surface area contributed by atoms with Gasteiger partial charge in [0.25, 0.3) is 0 Å². The van der Waals surface area contributed by atoms with Gasteiger partial charge < -0.3 is 19.1 Å². The first-order chi connectivity index (χ1) is 16.3. The molecule has 2 aromatic rings.